The van der Waals surface area contributed by atoms with Crippen LogP contribution >= 0.6 is 23.2 Å². The van der Waals surface area contributed by atoms with Gasteiger partial charge in [-0.25, -0.2) is 0 Å². The first kappa shape index (κ1) is 13.2. The predicted molar refractivity (Wildman–Crippen MR) is 71.5 cm³/mol. The van der Waals surface area contributed by atoms with Gasteiger partial charge in [-0.05, 0) is 43.0 Å². The van der Waals surface area contributed by atoms with Crippen molar-refractivity contribution in [1.82, 2.24) is 4.90 Å². The van der Waals surface area contributed by atoms with Gasteiger partial charge in [-0.2, -0.15) is 0 Å². The van der Waals surface area contributed by atoms with Crippen LogP contribution < -0.4 is 0 Å². The standard InChI is InChI=1S/C13H17Cl2NO/c14-12-4-3-11(13(15)6-12)8-16-5-1-2-10(7-16)9-17/h3-4,6,10,17H,1-2,5,7-9H2. The summed E-state index contributed by atoms with van der Waals surface area (Å²) in [7, 11) is 0. The number of hydrogen-bond donors (Lipinski definition) is 1. The highest BCUT2D eigenvalue weighted by molar-refractivity contribution is 6.35. The maximum Gasteiger partial charge on any atom is 0.0471 e. The van der Waals surface area contributed by atoms with Gasteiger partial charge in [-0.15, -0.1) is 0 Å². The minimum absolute atomic E-state index is 0.283. The van der Waals surface area contributed by atoms with Crippen LogP contribution in [0.25, 0.3) is 0 Å². The number of hydrogen-bond acceptors (Lipinski definition) is 2. The molecule has 1 aromatic rings. The Morgan fingerprint density at radius 2 is 2.18 bits per heavy atom. The van der Waals surface area contributed by atoms with E-state index in [1.54, 1.807) is 6.07 Å². The average molecular weight is 274 g/mol. The predicted octanol–water partition coefficient (Wildman–Crippen LogP) is 3.20. The van der Waals surface area contributed by atoms with Gasteiger partial charge in [0.25, 0.3) is 0 Å². The van der Waals surface area contributed by atoms with Crippen LogP contribution in [0, 0.1) is 5.92 Å². The fraction of sp³-hybridized carbons (Fsp3) is 0.538. The number of aliphatic hydroxyl groups excluding tert-OH is 1. The molecule has 0 radical (unpaired) electrons. The SMILES string of the molecule is OCC1CCCN(Cc2ccc(Cl)cc2Cl)C1. The number of piperidine rings is 1. The van der Waals surface area contributed by atoms with Crippen LogP contribution in [0.5, 0.6) is 0 Å². The van der Waals surface area contributed by atoms with E-state index in [0.29, 0.717) is 10.9 Å². The molecule has 1 aromatic carbocycles. The summed E-state index contributed by atoms with van der Waals surface area (Å²) in [6, 6.07) is 5.63. The van der Waals surface area contributed by atoms with Gasteiger partial charge in [0.15, 0.2) is 0 Å². The lowest BCUT2D eigenvalue weighted by Crippen LogP contribution is -2.36. The number of benzene rings is 1. The Morgan fingerprint density at radius 1 is 1.35 bits per heavy atom. The molecular weight excluding hydrogens is 257 g/mol. The van der Waals surface area contributed by atoms with Gasteiger partial charge in [-0.1, -0.05) is 29.3 Å². The summed E-state index contributed by atoms with van der Waals surface area (Å²) >= 11 is 12.0. The molecule has 1 atom stereocenters. The summed E-state index contributed by atoms with van der Waals surface area (Å²) in [4.78, 5) is 2.35. The van der Waals surface area contributed by atoms with Crippen molar-refractivity contribution >= 4 is 23.2 Å². The second kappa shape index (κ2) is 6.05. The van der Waals surface area contributed by atoms with Crippen LogP contribution in [0.2, 0.25) is 10.0 Å². The molecule has 1 unspecified atom stereocenters. The summed E-state index contributed by atoms with van der Waals surface area (Å²) in [5, 5.41) is 10.6. The average Bonchev–Trinajstić information content (AvgIpc) is 2.33. The molecule has 4 heteroatoms. The largest absolute Gasteiger partial charge is 0.396 e. The number of halogens is 2. The molecule has 1 aliphatic heterocycles. The summed E-state index contributed by atoms with van der Waals surface area (Å²) in [5.74, 6) is 0.412. The van der Waals surface area contributed by atoms with E-state index >= 15 is 0 Å². The first-order chi connectivity index (χ1) is 8.19. The summed E-state index contributed by atoms with van der Waals surface area (Å²) < 4.78 is 0. The summed E-state index contributed by atoms with van der Waals surface area (Å²) in [5.41, 5.74) is 1.11. The van der Waals surface area contributed by atoms with Crippen LogP contribution in [0.15, 0.2) is 18.2 Å². The molecule has 1 aliphatic rings. The molecule has 17 heavy (non-hydrogen) atoms. The lowest BCUT2D eigenvalue weighted by molar-refractivity contribution is 0.116. The van der Waals surface area contributed by atoms with Crippen molar-refractivity contribution in [2.24, 2.45) is 5.92 Å². The Kier molecular flexibility index (Phi) is 4.69. The molecule has 0 spiro atoms. The normalized spacial score (nSPS) is 21.7. The number of nitrogens with zero attached hydrogens (tertiary/aromatic N) is 1. The molecule has 0 bridgehead atoms. The van der Waals surface area contributed by atoms with E-state index in [9.17, 15) is 5.11 Å². The van der Waals surface area contributed by atoms with Crippen molar-refractivity contribution < 1.29 is 5.11 Å². The van der Waals surface area contributed by atoms with Crippen molar-refractivity contribution in [3.8, 4) is 0 Å². The van der Waals surface area contributed by atoms with Gasteiger partial charge >= 0.3 is 0 Å². The molecular formula is C13H17Cl2NO. The monoisotopic (exact) mass is 273 g/mol. The molecule has 0 amide bonds. The van der Waals surface area contributed by atoms with E-state index in [4.69, 9.17) is 23.2 Å². The molecule has 1 fully saturated rings. The van der Waals surface area contributed by atoms with Gasteiger partial charge < -0.3 is 5.11 Å². The highest BCUT2D eigenvalue weighted by Gasteiger charge is 2.19. The van der Waals surface area contributed by atoms with Crippen LogP contribution in [0.3, 0.4) is 0 Å². The Hall–Kier alpha value is -0.280. The molecule has 1 heterocycles. The lowest BCUT2D eigenvalue weighted by atomic mass is 9.98. The fourth-order valence-electron chi connectivity index (χ4n) is 2.33. The Bertz CT molecular complexity index is 384. The fourth-order valence-corrected chi connectivity index (χ4v) is 2.80. The van der Waals surface area contributed by atoms with E-state index in [0.717, 1.165) is 43.1 Å². The number of rotatable bonds is 3. The molecule has 94 valence electrons. The van der Waals surface area contributed by atoms with Crippen molar-refractivity contribution in [3.05, 3.63) is 33.8 Å². The topological polar surface area (TPSA) is 23.5 Å². The van der Waals surface area contributed by atoms with Gasteiger partial charge in [0, 0.05) is 29.7 Å². The molecule has 0 aliphatic carbocycles. The second-order valence-corrected chi connectivity index (χ2v) is 5.51. The third kappa shape index (κ3) is 3.59. The minimum Gasteiger partial charge on any atom is -0.396 e. The summed E-state index contributed by atoms with van der Waals surface area (Å²) in [6.07, 6.45) is 2.28. The van der Waals surface area contributed by atoms with E-state index in [2.05, 4.69) is 4.90 Å². The maximum atomic E-state index is 9.20. The zero-order valence-corrected chi connectivity index (χ0v) is 11.2. The molecule has 1 N–H and O–H groups in total. The Labute approximate surface area is 112 Å². The zero-order chi connectivity index (χ0) is 12.3. The lowest BCUT2D eigenvalue weighted by Gasteiger charge is -2.31. The summed E-state index contributed by atoms with van der Waals surface area (Å²) in [6.45, 7) is 3.16. The van der Waals surface area contributed by atoms with E-state index in [1.165, 1.54) is 0 Å². The third-order valence-electron chi connectivity index (χ3n) is 3.27. The minimum atomic E-state index is 0.283. The quantitative estimate of drug-likeness (QED) is 0.915. The van der Waals surface area contributed by atoms with Gasteiger partial charge in [0.1, 0.15) is 0 Å². The van der Waals surface area contributed by atoms with Crippen molar-refractivity contribution in [1.29, 1.82) is 0 Å². The first-order valence-electron chi connectivity index (χ1n) is 5.96. The van der Waals surface area contributed by atoms with Crippen LogP contribution in [0.1, 0.15) is 18.4 Å². The van der Waals surface area contributed by atoms with Crippen molar-refractivity contribution in [2.45, 2.75) is 19.4 Å². The Balaban J connectivity index is 2.00. The number of aliphatic hydroxyl groups is 1. The van der Waals surface area contributed by atoms with E-state index in [-0.39, 0.29) is 6.61 Å². The first-order valence-corrected chi connectivity index (χ1v) is 6.72. The molecule has 2 nitrogen and oxygen atoms in total. The maximum absolute atomic E-state index is 9.20. The molecule has 0 aromatic heterocycles. The van der Waals surface area contributed by atoms with Crippen LogP contribution in [-0.4, -0.2) is 29.7 Å². The van der Waals surface area contributed by atoms with Crippen LogP contribution in [0.4, 0.5) is 0 Å². The Morgan fingerprint density at radius 3 is 2.88 bits per heavy atom. The van der Waals surface area contributed by atoms with Gasteiger partial charge in [-0.3, -0.25) is 4.90 Å². The van der Waals surface area contributed by atoms with Crippen molar-refractivity contribution in [2.75, 3.05) is 19.7 Å². The molecule has 0 saturated carbocycles. The smallest absolute Gasteiger partial charge is 0.0471 e. The molecule has 2 rings (SSSR count). The van der Waals surface area contributed by atoms with E-state index in [1.807, 2.05) is 12.1 Å². The van der Waals surface area contributed by atoms with Gasteiger partial charge in [0.05, 0.1) is 0 Å². The highest BCUT2D eigenvalue weighted by Crippen LogP contribution is 2.24. The zero-order valence-electron chi connectivity index (χ0n) is 9.70. The number of likely N-dealkylation sites (tertiary alicyclic amines) is 1. The third-order valence-corrected chi connectivity index (χ3v) is 3.86. The van der Waals surface area contributed by atoms with Crippen LogP contribution in [-0.2, 0) is 6.54 Å². The van der Waals surface area contributed by atoms with Gasteiger partial charge in [0.2, 0.25) is 0 Å². The second-order valence-electron chi connectivity index (χ2n) is 4.66. The molecule has 1 saturated heterocycles. The van der Waals surface area contributed by atoms with Crippen molar-refractivity contribution in [3.63, 3.8) is 0 Å². The highest BCUT2D eigenvalue weighted by atomic mass is 35.5. The van der Waals surface area contributed by atoms with E-state index < -0.39 is 0 Å².